The minimum absolute atomic E-state index is 0.125. The van der Waals surface area contributed by atoms with Crippen LogP contribution in [-0.4, -0.2) is 25.0 Å². The van der Waals surface area contributed by atoms with E-state index >= 15 is 0 Å². The highest BCUT2D eigenvalue weighted by Gasteiger charge is 2.36. The molecule has 0 aliphatic carbocycles. The van der Waals surface area contributed by atoms with Gasteiger partial charge in [-0.1, -0.05) is 48.6 Å². The van der Waals surface area contributed by atoms with Gasteiger partial charge in [-0.3, -0.25) is 14.9 Å². The summed E-state index contributed by atoms with van der Waals surface area (Å²) in [7, 11) is 1.49. The van der Waals surface area contributed by atoms with Gasteiger partial charge < -0.3 is 4.74 Å². The first-order valence-corrected chi connectivity index (χ1v) is 7.87. The number of nitrogens with one attached hydrogen (secondary N) is 1. The molecule has 1 aliphatic rings. The van der Waals surface area contributed by atoms with Crippen molar-refractivity contribution in [3.05, 3.63) is 77.9 Å². The number of rotatable bonds is 4. The summed E-state index contributed by atoms with van der Waals surface area (Å²) < 4.78 is 5.12. The smallest absolute Gasteiger partial charge is 0.335 e. The van der Waals surface area contributed by atoms with Crippen molar-refractivity contribution < 1.29 is 19.1 Å². The summed E-state index contributed by atoms with van der Waals surface area (Å²) >= 11 is 0. The van der Waals surface area contributed by atoms with Crippen molar-refractivity contribution in [1.29, 1.82) is 0 Å². The van der Waals surface area contributed by atoms with E-state index in [-0.39, 0.29) is 5.57 Å². The summed E-state index contributed by atoms with van der Waals surface area (Å²) in [5.74, 6) is -0.920. The molecule has 0 saturated carbocycles. The fourth-order valence-electron chi connectivity index (χ4n) is 2.48. The second-order valence-electron chi connectivity index (χ2n) is 5.45. The zero-order chi connectivity index (χ0) is 18.5. The molecule has 1 heterocycles. The Kier molecular flexibility index (Phi) is 4.94. The third kappa shape index (κ3) is 3.54. The lowest BCUT2D eigenvalue weighted by Gasteiger charge is -2.26. The van der Waals surface area contributed by atoms with Crippen LogP contribution in [0.15, 0.2) is 72.3 Å². The lowest BCUT2D eigenvalue weighted by atomic mass is 10.1. The number of methoxy groups -OCH3 is 1. The Hall–Kier alpha value is -3.67. The molecule has 130 valence electrons. The number of ether oxygens (including phenoxy) is 1. The molecule has 2 aromatic rings. The van der Waals surface area contributed by atoms with Gasteiger partial charge in [-0.25, -0.2) is 9.69 Å². The van der Waals surface area contributed by atoms with E-state index in [2.05, 4.69) is 5.32 Å². The first kappa shape index (κ1) is 17.2. The molecule has 0 aromatic heterocycles. The van der Waals surface area contributed by atoms with Crippen LogP contribution in [-0.2, 0) is 9.59 Å². The molecule has 1 N–H and O–H groups in total. The quantitative estimate of drug-likeness (QED) is 0.681. The van der Waals surface area contributed by atoms with Crippen LogP contribution in [0.2, 0.25) is 0 Å². The molecular weight excluding hydrogens is 332 g/mol. The first-order chi connectivity index (χ1) is 12.6. The van der Waals surface area contributed by atoms with Gasteiger partial charge in [0.15, 0.2) is 0 Å². The fourth-order valence-corrected chi connectivity index (χ4v) is 2.48. The van der Waals surface area contributed by atoms with E-state index in [1.807, 2.05) is 30.3 Å². The van der Waals surface area contributed by atoms with Crippen LogP contribution in [0.4, 0.5) is 10.5 Å². The maximum Gasteiger partial charge on any atom is 0.335 e. The molecule has 1 fully saturated rings. The summed E-state index contributed by atoms with van der Waals surface area (Å²) in [5.41, 5.74) is 1.12. The Morgan fingerprint density at radius 3 is 2.50 bits per heavy atom. The highest BCUT2D eigenvalue weighted by Crippen LogP contribution is 2.24. The maximum absolute atomic E-state index is 12.7. The zero-order valence-corrected chi connectivity index (χ0v) is 14.0. The van der Waals surface area contributed by atoms with Gasteiger partial charge >= 0.3 is 6.03 Å². The summed E-state index contributed by atoms with van der Waals surface area (Å²) in [6, 6.07) is 15.1. The second-order valence-corrected chi connectivity index (χ2v) is 5.45. The number of nitrogens with zero attached hydrogens (tertiary/aromatic N) is 1. The van der Waals surface area contributed by atoms with E-state index in [1.54, 1.807) is 36.4 Å². The number of benzene rings is 2. The van der Waals surface area contributed by atoms with Gasteiger partial charge in [0.1, 0.15) is 11.3 Å². The highest BCUT2D eigenvalue weighted by atomic mass is 16.5. The number of carbonyl (C=O) groups is 3. The van der Waals surface area contributed by atoms with Gasteiger partial charge in [0.05, 0.1) is 12.8 Å². The normalized spacial score (nSPS) is 16.3. The Bertz CT molecular complexity index is 916. The van der Waals surface area contributed by atoms with Crippen molar-refractivity contribution >= 4 is 29.6 Å². The van der Waals surface area contributed by atoms with Gasteiger partial charge in [0.25, 0.3) is 11.8 Å². The van der Waals surface area contributed by atoms with Gasteiger partial charge in [0.2, 0.25) is 0 Å². The largest absolute Gasteiger partial charge is 0.497 e. The summed E-state index contributed by atoms with van der Waals surface area (Å²) in [6.07, 6.45) is 4.76. The average Bonchev–Trinajstić information content (AvgIpc) is 2.65. The molecule has 26 heavy (non-hydrogen) atoms. The van der Waals surface area contributed by atoms with Crippen LogP contribution < -0.4 is 15.0 Å². The topological polar surface area (TPSA) is 75.7 Å². The van der Waals surface area contributed by atoms with Gasteiger partial charge in [-0.15, -0.1) is 0 Å². The van der Waals surface area contributed by atoms with Crippen molar-refractivity contribution in [2.24, 2.45) is 0 Å². The predicted octanol–water partition coefficient (Wildman–Crippen LogP) is 2.92. The van der Waals surface area contributed by atoms with E-state index in [0.717, 1.165) is 10.5 Å². The molecule has 6 heteroatoms. The maximum atomic E-state index is 12.7. The van der Waals surface area contributed by atoms with Crippen molar-refractivity contribution in [2.45, 2.75) is 0 Å². The minimum atomic E-state index is -0.794. The zero-order valence-electron chi connectivity index (χ0n) is 14.0. The number of anilines is 1. The molecule has 0 bridgehead atoms. The number of barbiturate groups is 1. The SMILES string of the molecule is COc1cccc(N2C(=O)NC(=O)C(=CC=Cc3ccccc3)C2=O)c1. The Morgan fingerprint density at radius 1 is 1.00 bits per heavy atom. The summed E-state index contributed by atoms with van der Waals surface area (Å²) in [6.45, 7) is 0. The van der Waals surface area contributed by atoms with E-state index in [4.69, 9.17) is 4.74 Å². The van der Waals surface area contributed by atoms with Crippen LogP contribution in [0.3, 0.4) is 0 Å². The molecule has 0 spiro atoms. The van der Waals surface area contributed by atoms with Gasteiger partial charge in [-0.2, -0.15) is 0 Å². The fraction of sp³-hybridized carbons (Fsp3) is 0.0500. The highest BCUT2D eigenvalue weighted by molar-refractivity contribution is 6.37. The molecule has 1 aliphatic heterocycles. The molecule has 6 nitrogen and oxygen atoms in total. The Morgan fingerprint density at radius 2 is 1.77 bits per heavy atom. The van der Waals surface area contributed by atoms with E-state index in [9.17, 15) is 14.4 Å². The number of hydrogen-bond donors (Lipinski definition) is 1. The van der Waals surface area contributed by atoms with Crippen LogP contribution in [0.25, 0.3) is 6.08 Å². The molecule has 0 radical (unpaired) electrons. The van der Waals surface area contributed by atoms with Crippen molar-refractivity contribution in [2.75, 3.05) is 12.0 Å². The lowest BCUT2D eigenvalue weighted by molar-refractivity contribution is -0.122. The number of hydrogen-bond acceptors (Lipinski definition) is 4. The Labute approximate surface area is 150 Å². The van der Waals surface area contributed by atoms with Crippen LogP contribution in [0.5, 0.6) is 5.75 Å². The predicted molar refractivity (Wildman–Crippen MR) is 97.6 cm³/mol. The molecule has 0 unspecified atom stereocenters. The standard InChI is InChI=1S/C20H16N2O4/c1-26-16-11-6-10-15(13-16)22-19(24)17(18(23)21-20(22)25)12-5-9-14-7-3-2-4-8-14/h2-13H,1H3,(H,21,23,25). The molecular formula is C20H16N2O4. The number of allylic oxidation sites excluding steroid dienone is 2. The minimum Gasteiger partial charge on any atom is -0.497 e. The summed E-state index contributed by atoms with van der Waals surface area (Å²) in [4.78, 5) is 37.8. The number of carbonyl (C=O) groups excluding carboxylic acids is 3. The first-order valence-electron chi connectivity index (χ1n) is 7.87. The monoisotopic (exact) mass is 348 g/mol. The lowest BCUT2D eigenvalue weighted by Crippen LogP contribution is -2.54. The van der Waals surface area contributed by atoms with E-state index in [0.29, 0.717) is 11.4 Å². The number of urea groups is 1. The van der Waals surface area contributed by atoms with Crippen molar-refractivity contribution in [3.8, 4) is 5.75 Å². The molecule has 2 aromatic carbocycles. The Balaban J connectivity index is 1.90. The molecule has 0 atom stereocenters. The van der Waals surface area contributed by atoms with Crippen LogP contribution in [0, 0.1) is 0 Å². The third-order valence-electron chi connectivity index (χ3n) is 3.76. The number of amides is 4. The van der Waals surface area contributed by atoms with E-state index in [1.165, 1.54) is 13.2 Å². The summed E-state index contributed by atoms with van der Waals surface area (Å²) in [5, 5.41) is 2.18. The van der Waals surface area contributed by atoms with Crippen LogP contribution in [0.1, 0.15) is 5.56 Å². The van der Waals surface area contributed by atoms with Crippen molar-refractivity contribution in [1.82, 2.24) is 5.32 Å². The third-order valence-corrected chi connectivity index (χ3v) is 3.76. The molecule has 4 amide bonds. The molecule has 3 rings (SSSR count). The van der Waals surface area contributed by atoms with E-state index < -0.39 is 17.8 Å². The number of imide groups is 2. The van der Waals surface area contributed by atoms with Crippen molar-refractivity contribution in [3.63, 3.8) is 0 Å². The van der Waals surface area contributed by atoms with Gasteiger partial charge in [-0.05, 0) is 23.8 Å². The van der Waals surface area contributed by atoms with Gasteiger partial charge in [0, 0.05) is 6.07 Å². The second kappa shape index (κ2) is 7.48. The van der Waals surface area contributed by atoms with Crippen LogP contribution >= 0.6 is 0 Å². The molecule has 1 saturated heterocycles. The average molecular weight is 348 g/mol.